The molecular formula is C12H7N4O6S. The molecule has 3 N–H and O–H groups in total. The number of hydrogen-bond acceptors (Lipinski definition) is 6. The summed E-state index contributed by atoms with van der Waals surface area (Å²) in [6.07, 6.45) is 0. The third-order valence-electron chi connectivity index (χ3n) is 3.24. The Morgan fingerprint density at radius 1 is 1.17 bits per heavy atom. The molecule has 0 saturated heterocycles. The topological polar surface area (TPSA) is 164 Å². The molecule has 0 aromatic heterocycles. The fourth-order valence-corrected chi connectivity index (χ4v) is 2.78. The third-order valence-corrected chi connectivity index (χ3v) is 4.15. The normalized spacial score (nSPS) is 14.1. The molecule has 2 amide bonds. The Morgan fingerprint density at radius 2 is 1.87 bits per heavy atom. The van der Waals surface area contributed by atoms with E-state index in [1.165, 1.54) is 6.07 Å². The number of fused-ring (bicyclic) bond motifs is 3. The highest BCUT2D eigenvalue weighted by molar-refractivity contribution is 7.89. The van der Waals surface area contributed by atoms with Gasteiger partial charge < -0.3 is 5.32 Å². The molecule has 0 saturated carbocycles. The average molecular weight is 335 g/mol. The molecule has 0 fully saturated rings. The molecule has 0 unspecified atom stereocenters. The second-order valence-electron chi connectivity index (χ2n) is 4.67. The van der Waals surface area contributed by atoms with Gasteiger partial charge in [0.25, 0.3) is 5.69 Å². The molecule has 1 radical (unpaired) electrons. The average Bonchev–Trinajstić information content (AvgIpc) is 2.46. The summed E-state index contributed by atoms with van der Waals surface area (Å²) in [5, 5.41) is 22.1. The Bertz CT molecular complexity index is 1010. The lowest BCUT2D eigenvalue weighted by Crippen LogP contribution is -2.33. The van der Waals surface area contributed by atoms with Gasteiger partial charge in [0.05, 0.1) is 26.6 Å². The minimum atomic E-state index is -4.06. The van der Waals surface area contributed by atoms with Crippen molar-refractivity contribution in [2.24, 2.45) is 5.14 Å². The zero-order valence-corrected chi connectivity index (χ0v) is 12.0. The summed E-state index contributed by atoms with van der Waals surface area (Å²) in [6.45, 7) is 0. The SMILES string of the molecule is NS(=O)(=O)c1ccc2c([N+](=O)[O-])cc3c(c2c1)[N]C(=O)C(=O)N3. The lowest BCUT2D eigenvalue weighted by Gasteiger charge is -2.17. The van der Waals surface area contributed by atoms with Gasteiger partial charge in [-0.25, -0.2) is 18.9 Å². The van der Waals surface area contributed by atoms with E-state index in [0.717, 1.165) is 18.2 Å². The van der Waals surface area contributed by atoms with Crippen molar-refractivity contribution in [2.75, 3.05) is 5.32 Å². The van der Waals surface area contributed by atoms with Gasteiger partial charge in [-0.3, -0.25) is 19.7 Å². The van der Waals surface area contributed by atoms with Gasteiger partial charge in [0.2, 0.25) is 10.0 Å². The quantitative estimate of drug-likeness (QED) is 0.449. The summed E-state index contributed by atoms with van der Waals surface area (Å²) in [5.41, 5.74) is -0.481. The van der Waals surface area contributed by atoms with Crippen molar-refractivity contribution < 1.29 is 22.9 Å². The van der Waals surface area contributed by atoms with E-state index in [2.05, 4.69) is 10.6 Å². The number of benzene rings is 2. The summed E-state index contributed by atoms with van der Waals surface area (Å²) in [5.74, 6) is -2.12. The molecule has 0 spiro atoms. The predicted octanol–water partition coefficient (Wildman–Crippen LogP) is 0.110. The van der Waals surface area contributed by atoms with Crippen LogP contribution < -0.4 is 15.8 Å². The zero-order valence-electron chi connectivity index (χ0n) is 11.1. The lowest BCUT2D eigenvalue weighted by atomic mass is 10.0. The number of nitro groups is 1. The maximum atomic E-state index is 11.5. The van der Waals surface area contributed by atoms with Crippen LogP contribution in [0, 0.1) is 10.1 Å². The molecule has 0 aliphatic carbocycles. The minimum absolute atomic E-state index is 0.0223. The van der Waals surface area contributed by atoms with Gasteiger partial charge in [0.15, 0.2) is 0 Å². The smallest absolute Gasteiger partial charge is 0.316 e. The number of nitrogens with two attached hydrogens (primary N) is 1. The van der Waals surface area contributed by atoms with Gasteiger partial charge in [-0.05, 0) is 18.2 Å². The van der Waals surface area contributed by atoms with E-state index in [1.807, 2.05) is 0 Å². The van der Waals surface area contributed by atoms with Gasteiger partial charge in [0, 0.05) is 11.5 Å². The van der Waals surface area contributed by atoms with E-state index < -0.39 is 26.8 Å². The second-order valence-corrected chi connectivity index (χ2v) is 6.23. The van der Waals surface area contributed by atoms with Crippen molar-refractivity contribution in [1.82, 2.24) is 5.32 Å². The second kappa shape index (κ2) is 4.72. The Hall–Kier alpha value is -3.05. The highest BCUT2D eigenvalue weighted by atomic mass is 32.2. The van der Waals surface area contributed by atoms with E-state index in [4.69, 9.17) is 5.14 Å². The maximum absolute atomic E-state index is 11.5. The van der Waals surface area contributed by atoms with Crippen LogP contribution in [0.1, 0.15) is 0 Å². The molecule has 23 heavy (non-hydrogen) atoms. The first-order valence-corrected chi connectivity index (χ1v) is 7.58. The molecule has 0 atom stereocenters. The van der Waals surface area contributed by atoms with Crippen molar-refractivity contribution in [3.63, 3.8) is 0 Å². The van der Waals surface area contributed by atoms with Crippen LogP contribution in [0.2, 0.25) is 0 Å². The number of sulfonamides is 1. The lowest BCUT2D eigenvalue weighted by molar-refractivity contribution is -0.383. The number of nitrogens with one attached hydrogen (secondary N) is 1. The minimum Gasteiger partial charge on any atom is -0.316 e. The first-order valence-electron chi connectivity index (χ1n) is 6.03. The number of nitrogens with zero attached hydrogens (tertiary/aromatic N) is 2. The fraction of sp³-hybridized carbons (Fsp3) is 0. The standard InChI is InChI=1S/C12H7N4O6S/c13-23(21,22)5-1-2-6-7(3-5)10-8(4-9(6)16(19)20)14-11(17)12(18)15-10/h1-4H,(H,14,17)(H2,13,21,22). The van der Waals surface area contributed by atoms with Gasteiger partial charge >= 0.3 is 11.8 Å². The van der Waals surface area contributed by atoms with E-state index in [1.54, 1.807) is 0 Å². The van der Waals surface area contributed by atoms with E-state index in [-0.39, 0.29) is 32.7 Å². The van der Waals surface area contributed by atoms with Gasteiger partial charge in [0.1, 0.15) is 0 Å². The Balaban J connectivity index is 2.42. The van der Waals surface area contributed by atoms with Gasteiger partial charge in [-0.1, -0.05) is 0 Å². The largest absolute Gasteiger partial charge is 0.335 e. The van der Waals surface area contributed by atoms with Crippen LogP contribution in [0.4, 0.5) is 17.1 Å². The summed E-state index contributed by atoms with van der Waals surface area (Å²) in [4.78, 5) is 33.0. The first kappa shape index (κ1) is 14.9. The van der Waals surface area contributed by atoms with Crippen LogP contribution >= 0.6 is 0 Å². The monoisotopic (exact) mass is 335 g/mol. The van der Waals surface area contributed by atoms with Crippen LogP contribution in [0.3, 0.4) is 0 Å². The number of carbonyl (C=O) groups is 2. The molecular weight excluding hydrogens is 328 g/mol. The highest BCUT2D eigenvalue weighted by Crippen LogP contribution is 2.40. The number of non-ortho nitro benzene ring substituents is 1. The number of anilines is 1. The number of amides is 2. The van der Waals surface area contributed by atoms with Crippen LogP contribution in [0.25, 0.3) is 10.8 Å². The fourth-order valence-electron chi connectivity index (χ4n) is 2.24. The van der Waals surface area contributed by atoms with E-state index in [9.17, 15) is 28.1 Å². The first-order chi connectivity index (χ1) is 10.7. The number of nitro benzene ring substituents is 1. The van der Waals surface area contributed by atoms with Crippen molar-refractivity contribution in [1.29, 1.82) is 0 Å². The maximum Gasteiger partial charge on any atom is 0.335 e. The molecule has 1 aliphatic heterocycles. The molecule has 3 rings (SSSR count). The van der Waals surface area contributed by atoms with E-state index >= 15 is 0 Å². The molecule has 117 valence electrons. The van der Waals surface area contributed by atoms with Gasteiger partial charge in [-0.2, -0.15) is 0 Å². The van der Waals surface area contributed by atoms with Gasteiger partial charge in [-0.15, -0.1) is 0 Å². The van der Waals surface area contributed by atoms with Crippen molar-refractivity contribution in [3.05, 3.63) is 34.4 Å². The molecule has 11 heteroatoms. The Kier molecular flexibility index (Phi) is 3.05. The predicted molar refractivity (Wildman–Crippen MR) is 77.4 cm³/mol. The summed E-state index contributed by atoms with van der Waals surface area (Å²) < 4.78 is 22.9. The summed E-state index contributed by atoms with van der Waals surface area (Å²) >= 11 is 0. The highest BCUT2D eigenvalue weighted by Gasteiger charge is 2.30. The van der Waals surface area contributed by atoms with Crippen LogP contribution in [-0.4, -0.2) is 25.2 Å². The Labute approximate surface area is 128 Å². The molecule has 0 bridgehead atoms. The molecule has 2 aromatic rings. The van der Waals surface area contributed by atoms with Crippen LogP contribution in [-0.2, 0) is 19.6 Å². The number of hydrogen-bond donors (Lipinski definition) is 2. The van der Waals surface area contributed by atoms with Crippen LogP contribution in [0.15, 0.2) is 29.2 Å². The van der Waals surface area contributed by atoms with Crippen LogP contribution in [0.5, 0.6) is 0 Å². The molecule has 10 nitrogen and oxygen atoms in total. The van der Waals surface area contributed by atoms with Crippen molar-refractivity contribution >= 4 is 49.7 Å². The number of rotatable bonds is 2. The Morgan fingerprint density at radius 3 is 2.48 bits per heavy atom. The summed E-state index contributed by atoms with van der Waals surface area (Å²) in [7, 11) is -4.06. The third kappa shape index (κ3) is 2.37. The van der Waals surface area contributed by atoms with Crippen molar-refractivity contribution in [2.45, 2.75) is 4.90 Å². The molecule has 2 aromatic carbocycles. The van der Waals surface area contributed by atoms with Crippen molar-refractivity contribution in [3.8, 4) is 0 Å². The zero-order chi connectivity index (χ0) is 16.9. The molecule has 1 aliphatic rings. The summed E-state index contributed by atoms with van der Waals surface area (Å²) in [6, 6.07) is 4.44. The molecule has 1 heterocycles. The number of carbonyl (C=O) groups excluding carboxylic acids is 2. The van der Waals surface area contributed by atoms with E-state index in [0.29, 0.717) is 0 Å². The number of primary sulfonamides is 1.